The largest absolute Gasteiger partial charge is 0.466 e. The first-order valence-electron chi connectivity index (χ1n) is 7.45. The molecule has 0 unspecified atom stereocenters. The van der Waals surface area contributed by atoms with E-state index in [1.54, 1.807) is 7.11 Å². The summed E-state index contributed by atoms with van der Waals surface area (Å²) in [5.74, 6) is -0.0408. The first-order chi connectivity index (χ1) is 8.81. The highest BCUT2D eigenvalue weighted by molar-refractivity contribution is 5.69. The summed E-state index contributed by atoms with van der Waals surface area (Å²) >= 11 is 0. The number of ether oxygens (including phenoxy) is 2. The van der Waals surface area contributed by atoms with E-state index in [0.29, 0.717) is 13.0 Å². The Morgan fingerprint density at radius 2 is 1.44 bits per heavy atom. The maximum atomic E-state index is 11.4. The number of unbranched alkanes of at least 4 members (excludes halogenated alkanes) is 7. The summed E-state index contributed by atoms with van der Waals surface area (Å²) in [6.45, 7) is 3.60. The Labute approximate surface area is 112 Å². The fourth-order valence-corrected chi connectivity index (χ4v) is 1.83. The van der Waals surface area contributed by atoms with Crippen LogP contribution in [0.4, 0.5) is 0 Å². The molecule has 0 saturated heterocycles. The Morgan fingerprint density at radius 3 is 2.17 bits per heavy atom. The van der Waals surface area contributed by atoms with Crippen molar-refractivity contribution in [1.29, 1.82) is 0 Å². The van der Waals surface area contributed by atoms with Crippen LogP contribution >= 0.6 is 0 Å². The van der Waals surface area contributed by atoms with Crippen molar-refractivity contribution >= 4 is 5.97 Å². The molecule has 0 aromatic carbocycles. The SMILES string of the molecule is CCCCCCCCOC(=O)CCCCCOC. The molecule has 0 heterocycles. The smallest absolute Gasteiger partial charge is 0.305 e. The van der Waals surface area contributed by atoms with E-state index in [0.717, 1.165) is 32.3 Å². The van der Waals surface area contributed by atoms with Gasteiger partial charge in [-0.15, -0.1) is 0 Å². The number of rotatable bonds is 13. The Hall–Kier alpha value is -0.570. The molecule has 0 saturated carbocycles. The van der Waals surface area contributed by atoms with E-state index in [4.69, 9.17) is 9.47 Å². The first kappa shape index (κ1) is 17.4. The van der Waals surface area contributed by atoms with E-state index in [2.05, 4.69) is 6.92 Å². The minimum atomic E-state index is -0.0408. The van der Waals surface area contributed by atoms with Crippen molar-refractivity contribution in [2.75, 3.05) is 20.3 Å². The lowest BCUT2D eigenvalue weighted by atomic mass is 10.1. The van der Waals surface area contributed by atoms with Crippen molar-refractivity contribution in [3.05, 3.63) is 0 Å². The maximum Gasteiger partial charge on any atom is 0.305 e. The molecule has 0 aromatic heterocycles. The van der Waals surface area contributed by atoms with Crippen LogP contribution in [0.3, 0.4) is 0 Å². The van der Waals surface area contributed by atoms with Gasteiger partial charge in [0.15, 0.2) is 0 Å². The summed E-state index contributed by atoms with van der Waals surface area (Å²) in [6, 6.07) is 0. The van der Waals surface area contributed by atoms with Gasteiger partial charge in [0.2, 0.25) is 0 Å². The average molecular weight is 258 g/mol. The fourth-order valence-electron chi connectivity index (χ4n) is 1.83. The van der Waals surface area contributed by atoms with Crippen LogP contribution in [-0.2, 0) is 14.3 Å². The molecule has 0 aromatic rings. The number of carbonyl (C=O) groups excluding carboxylic acids is 1. The Morgan fingerprint density at radius 1 is 0.833 bits per heavy atom. The molecule has 0 aliphatic rings. The summed E-state index contributed by atoms with van der Waals surface area (Å²) < 4.78 is 10.1. The van der Waals surface area contributed by atoms with Crippen molar-refractivity contribution < 1.29 is 14.3 Å². The van der Waals surface area contributed by atoms with Crippen LogP contribution in [0.5, 0.6) is 0 Å². The van der Waals surface area contributed by atoms with Crippen molar-refractivity contribution in [1.82, 2.24) is 0 Å². The predicted octanol–water partition coefficient (Wildman–Crippen LogP) is 4.10. The van der Waals surface area contributed by atoms with Gasteiger partial charge in [-0.05, 0) is 19.3 Å². The zero-order valence-electron chi connectivity index (χ0n) is 12.2. The highest BCUT2D eigenvalue weighted by Gasteiger charge is 2.02. The van der Waals surface area contributed by atoms with Crippen LogP contribution in [0.15, 0.2) is 0 Å². The molecule has 0 atom stereocenters. The molecule has 18 heavy (non-hydrogen) atoms. The summed E-state index contributed by atoms with van der Waals surface area (Å²) in [4.78, 5) is 11.4. The molecule has 0 aliphatic carbocycles. The Balaban J connectivity index is 3.12. The van der Waals surface area contributed by atoms with E-state index in [9.17, 15) is 4.79 Å². The van der Waals surface area contributed by atoms with Crippen molar-refractivity contribution in [2.45, 2.75) is 71.1 Å². The van der Waals surface area contributed by atoms with Crippen LogP contribution in [0.1, 0.15) is 71.1 Å². The first-order valence-corrected chi connectivity index (χ1v) is 7.45. The molecule has 0 rings (SSSR count). The lowest BCUT2D eigenvalue weighted by Crippen LogP contribution is -2.05. The standard InChI is InChI=1S/C15H30O3/c1-3-4-5-6-7-11-14-18-15(16)12-9-8-10-13-17-2/h3-14H2,1-2H3. The summed E-state index contributed by atoms with van der Waals surface area (Å²) in [7, 11) is 1.70. The van der Waals surface area contributed by atoms with Gasteiger partial charge in [-0.3, -0.25) is 4.79 Å². The molecule has 3 heteroatoms. The number of methoxy groups -OCH3 is 1. The second-order valence-corrected chi connectivity index (χ2v) is 4.79. The molecular weight excluding hydrogens is 228 g/mol. The van der Waals surface area contributed by atoms with Crippen molar-refractivity contribution in [3.63, 3.8) is 0 Å². The summed E-state index contributed by atoms with van der Waals surface area (Å²) in [6.07, 6.45) is 10.9. The lowest BCUT2D eigenvalue weighted by Gasteiger charge is -2.05. The van der Waals surface area contributed by atoms with Crippen molar-refractivity contribution in [3.8, 4) is 0 Å². The van der Waals surface area contributed by atoms with Gasteiger partial charge in [-0.2, -0.15) is 0 Å². The van der Waals surface area contributed by atoms with Crippen LogP contribution in [0.2, 0.25) is 0 Å². The molecule has 0 fully saturated rings. The molecular formula is C15H30O3. The van der Waals surface area contributed by atoms with Gasteiger partial charge in [0.05, 0.1) is 6.61 Å². The normalized spacial score (nSPS) is 10.6. The average Bonchev–Trinajstić information content (AvgIpc) is 2.37. The van der Waals surface area contributed by atoms with Gasteiger partial charge in [0.25, 0.3) is 0 Å². The van der Waals surface area contributed by atoms with E-state index in [1.807, 2.05) is 0 Å². The number of hydrogen-bond donors (Lipinski definition) is 0. The lowest BCUT2D eigenvalue weighted by molar-refractivity contribution is -0.143. The van der Waals surface area contributed by atoms with Crippen LogP contribution in [-0.4, -0.2) is 26.3 Å². The minimum absolute atomic E-state index is 0.0408. The quantitative estimate of drug-likeness (QED) is 0.368. The van der Waals surface area contributed by atoms with Crippen LogP contribution in [0.25, 0.3) is 0 Å². The topological polar surface area (TPSA) is 35.5 Å². The summed E-state index contributed by atoms with van der Waals surface area (Å²) in [5.41, 5.74) is 0. The number of carbonyl (C=O) groups is 1. The van der Waals surface area contributed by atoms with Gasteiger partial charge >= 0.3 is 5.97 Å². The minimum Gasteiger partial charge on any atom is -0.466 e. The number of hydrogen-bond acceptors (Lipinski definition) is 3. The monoisotopic (exact) mass is 258 g/mol. The Kier molecular flexibility index (Phi) is 14.0. The third kappa shape index (κ3) is 13.5. The molecule has 0 bridgehead atoms. The second kappa shape index (κ2) is 14.5. The molecule has 0 spiro atoms. The van der Waals surface area contributed by atoms with E-state index >= 15 is 0 Å². The third-order valence-electron chi connectivity index (χ3n) is 2.99. The molecule has 108 valence electrons. The van der Waals surface area contributed by atoms with Gasteiger partial charge in [-0.25, -0.2) is 0 Å². The second-order valence-electron chi connectivity index (χ2n) is 4.79. The van der Waals surface area contributed by atoms with Gasteiger partial charge in [0.1, 0.15) is 0 Å². The summed E-state index contributed by atoms with van der Waals surface area (Å²) in [5, 5.41) is 0. The van der Waals surface area contributed by atoms with E-state index in [-0.39, 0.29) is 5.97 Å². The maximum absolute atomic E-state index is 11.4. The highest BCUT2D eigenvalue weighted by Crippen LogP contribution is 2.06. The molecule has 3 nitrogen and oxygen atoms in total. The molecule has 0 amide bonds. The molecule has 0 aliphatic heterocycles. The number of esters is 1. The fraction of sp³-hybridized carbons (Fsp3) is 0.933. The highest BCUT2D eigenvalue weighted by atomic mass is 16.5. The van der Waals surface area contributed by atoms with E-state index in [1.165, 1.54) is 32.1 Å². The van der Waals surface area contributed by atoms with Gasteiger partial charge in [0, 0.05) is 20.1 Å². The predicted molar refractivity (Wildman–Crippen MR) is 74.7 cm³/mol. The molecule has 0 radical (unpaired) electrons. The van der Waals surface area contributed by atoms with E-state index < -0.39 is 0 Å². The van der Waals surface area contributed by atoms with Gasteiger partial charge in [-0.1, -0.05) is 45.4 Å². The van der Waals surface area contributed by atoms with Gasteiger partial charge < -0.3 is 9.47 Å². The van der Waals surface area contributed by atoms with Crippen molar-refractivity contribution in [2.24, 2.45) is 0 Å². The van der Waals surface area contributed by atoms with Crippen LogP contribution in [0, 0.1) is 0 Å². The zero-order valence-corrected chi connectivity index (χ0v) is 12.2. The molecule has 0 N–H and O–H groups in total. The van der Waals surface area contributed by atoms with Crippen LogP contribution < -0.4 is 0 Å². The zero-order chi connectivity index (χ0) is 13.5. The third-order valence-corrected chi connectivity index (χ3v) is 2.99. The Bertz CT molecular complexity index is 181.